The average molecular weight is 185 g/mol. The van der Waals surface area contributed by atoms with Gasteiger partial charge in [-0.15, -0.1) is 0 Å². The molecule has 2 rings (SSSR count). The van der Waals surface area contributed by atoms with Crippen LogP contribution in [0.15, 0.2) is 0 Å². The van der Waals surface area contributed by atoms with Crippen molar-refractivity contribution in [3.05, 3.63) is 0 Å². The van der Waals surface area contributed by atoms with E-state index in [-0.39, 0.29) is 0 Å². The van der Waals surface area contributed by atoms with Gasteiger partial charge in [0, 0.05) is 0 Å². The normalized spacial score (nSPS) is 32.2. The smallest absolute Gasteiger partial charge is 0.00361 e. The van der Waals surface area contributed by atoms with Crippen LogP contribution in [0.2, 0.25) is 0 Å². The minimum atomic E-state index is 0.905. The van der Waals surface area contributed by atoms with Gasteiger partial charge in [0.1, 0.15) is 0 Å². The van der Waals surface area contributed by atoms with Crippen molar-refractivity contribution >= 4 is 11.8 Å². The zero-order valence-corrected chi connectivity index (χ0v) is 8.48. The van der Waals surface area contributed by atoms with Crippen LogP contribution < -0.4 is 5.73 Å². The van der Waals surface area contributed by atoms with Gasteiger partial charge in [-0.25, -0.2) is 0 Å². The van der Waals surface area contributed by atoms with Crippen LogP contribution >= 0.6 is 11.8 Å². The van der Waals surface area contributed by atoms with E-state index in [0.29, 0.717) is 0 Å². The van der Waals surface area contributed by atoms with E-state index in [0.717, 1.165) is 24.3 Å². The lowest BCUT2D eigenvalue weighted by molar-refractivity contribution is 0.307. The summed E-state index contributed by atoms with van der Waals surface area (Å²) in [5.41, 5.74) is 5.66. The maximum atomic E-state index is 5.66. The summed E-state index contributed by atoms with van der Waals surface area (Å²) in [5, 5.41) is 0. The Morgan fingerprint density at radius 1 is 1.25 bits per heavy atom. The molecule has 1 aliphatic carbocycles. The Kier molecular flexibility index (Phi) is 2.97. The fraction of sp³-hybridized carbons (Fsp3) is 1.00. The van der Waals surface area contributed by atoms with Gasteiger partial charge in [-0.3, -0.25) is 0 Å². The van der Waals surface area contributed by atoms with Gasteiger partial charge in [0.15, 0.2) is 0 Å². The molecule has 0 aromatic carbocycles. The van der Waals surface area contributed by atoms with E-state index in [9.17, 15) is 0 Å². The lowest BCUT2D eigenvalue weighted by atomic mass is 9.85. The van der Waals surface area contributed by atoms with Crippen LogP contribution in [0.3, 0.4) is 0 Å². The molecule has 2 atom stereocenters. The fourth-order valence-corrected chi connectivity index (χ4v) is 3.82. The second-order valence-corrected chi connectivity index (χ2v) is 5.35. The van der Waals surface area contributed by atoms with E-state index in [2.05, 4.69) is 11.8 Å². The molecule has 1 nitrogen and oxygen atoms in total. The first-order valence-electron chi connectivity index (χ1n) is 5.19. The Bertz CT molecular complexity index is 139. The standard InChI is InChI=1S/C10H19NS/c11-5-3-10(8-1-2-8)9-4-6-12-7-9/h8-10H,1-7,11H2. The molecule has 0 spiro atoms. The number of thioether (sulfide) groups is 1. The Morgan fingerprint density at radius 2 is 2.08 bits per heavy atom. The first-order chi connectivity index (χ1) is 5.92. The molecule has 0 bridgehead atoms. The van der Waals surface area contributed by atoms with Crippen molar-refractivity contribution in [2.45, 2.75) is 25.7 Å². The summed E-state index contributed by atoms with van der Waals surface area (Å²) in [6.07, 6.45) is 5.74. The molecule has 0 amide bonds. The van der Waals surface area contributed by atoms with Gasteiger partial charge in [0.25, 0.3) is 0 Å². The highest BCUT2D eigenvalue weighted by molar-refractivity contribution is 7.99. The predicted molar refractivity (Wildman–Crippen MR) is 55.3 cm³/mol. The Hall–Kier alpha value is 0.310. The molecule has 70 valence electrons. The molecule has 0 aromatic heterocycles. The molecule has 1 saturated heterocycles. The molecular weight excluding hydrogens is 166 g/mol. The minimum Gasteiger partial charge on any atom is -0.330 e. The molecule has 0 radical (unpaired) electrons. The predicted octanol–water partition coefficient (Wildman–Crippen LogP) is 2.11. The van der Waals surface area contributed by atoms with E-state index in [4.69, 9.17) is 5.73 Å². The third-order valence-electron chi connectivity index (χ3n) is 3.30. The Balaban J connectivity index is 1.85. The number of nitrogens with two attached hydrogens (primary N) is 1. The van der Waals surface area contributed by atoms with Crippen LogP contribution in [-0.4, -0.2) is 18.1 Å². The summed E-state index contributed by atoms with van der Waals surface area (Å²) in [6.45, 7) is 0.905. The van der Waals surface area contributed by atoms with Crippen molar-refractivity contribution in [2.24, 2.45) is 23.5 Å². The molecule has 2 aliphatic rings. The summed E-state index contributed by atoms with van der Waals surface area (Å²) in [4.78, 5) is 0. The van der Waals surface area contributed by atoms with Gasteiger partial charge in [-0.1, -0.05) is 0 Å². The van der Waals surface area contributed by atoms with Crippen LogP contribution in [-0.2, 0) is 0 Å². The highest BCUT2D eigenvalue weighted by atomic mass is 32.2. The first kappa shape index (κ1) is 8.89. The lowest BCUT2D eigenvalue weighted by Gasteiger charge is -2.21. The summed E-state index contributed by atoms with van der Waals surface area (Å²) in [7, 11) is 0. The highest BCUT2D eigenvalue weighted by Crippen LogP contribution is 2.45. The van der Waals surface area contributed by atoms with Gasteiger partial charge < -0.3 is 5.73 Å². The lowest BCUT2D eigenvalue weighted by Crippen LogP contribution is -2.20. The van der Waals surface area contributed by atoms with Crippen molar-refractivity contribution in [3.63, 3.8) is 0 Å². The third kappa shape index (κ3) is 1.97. The zero-order chi connectivity index (χ0) is 8.39. The monoisotopic (exact) mass is 185 g/mol. The van der Waals surface area contributed by atoms with Crippen LogP contribution in [0.5, 0.6) is 0 Å². The van der Waals surface area contributed by atoms with Crippen LogP contribution in [0.1, 0.15) is 25.7 Å². The molecule has 2 N–H and O–H groups in total. The Morgan fingerprint density at radius 3 is 2.58 bits per heavy atom. The molecule has 2 unspecified atom stereocenters. The zero-order valence-electron chi connectivity index (χ0n) is 7.67. The minimum absolute atomic E-state index is 0.905. The van der Waals surface area contributed by atoms with Crippen LogP contribution in [0.4, 0.5) is 0 Å². The maximum Gasteiger partial charge on any atom is -0.00361 e. The SMILES string of the molecule is NCCC(C1CC1)C1CCSC1. The molecule has 2 heteroatoms. The largest absolute Gasteiger partial charge is 0.330 e. The van der Waals surface area contributed by atoms with E-state index >= 15 is 0 Å². The van der Waals surface area contributed by atoms with Crippen LogP contribution in [0.25, 0.3) is 0 Å². The van der Waals surface area contributed by atoms with Crippen molar-refractivity contribution in [3.8, 4) is 0 Å². The van der Waals surface area contributed by atoms with E-state index < -0.39 is 0 Å². The van der Waals surface area contributed by atoms with Crippen molar-refractivity contribution in [2.75, 3.05) is 18.1 Å². The highest BCUT2D eigenvalue weighted by Gasteiger charge is 2.36. The molecular formula is C10H19NS. The number of hydrogen-bond donors (Lipinski definition) is 1. The molecule has 1 heterocycles. The van der Waals surface area contributed by atoms with E-state index in [1.807, 2.05) is 0 Å². The fourth-order valence-electron chi connectivity index (χ4n) is 2.46. The summed E-state index contributed by atoms with van der Waals surface area (Å²) in [5.74, 6) is 5.90. The molecule has 1 aliphatic heterocycles. The summed E-state index contributed by atoms with van der Waals surface area (Å²) >= 11 is 2.14. The average Bonchev–Trinajstić information content (AvgIpc) is 2.77. The first-order valence-corrected chi connectivity index (χ1v) is 6.35. The third-order valence-corrected chi connectivity index (χ3v) is 4.49. The van der Waals surface area contributed by atoms with Gasteiger partial charge >= 0.3 is 0 Å². The Labute approximate surface area is 79.5 Å². The quantitative estimate of drug-likeness (QED) is 0.726. The molecule has 12 heavy (non-hydrogen) atoms. The second kappa shape index (κ2) is 4.01. The van der Waals surface area contributed by atoms with Gasteiger partial charge in [-0.2, -0.15) is 11.8 Å². The molecule has 1 saturated carbocycles. The van der Waals surface area contributed by atoms with E-state index in [1.165, 1.54) is 37.2 Å². The topological polar surface area (TPSA) is 26.0 Å². The number of rotatable bonds is 4. The van der Waals surface area contributed by atoms with Gasteiger partial charge in [0.2, 0.25) is 0 Å². The van der Waals surface area contributed by atoms with Gasteiger partial charge in [-0.05, 0) is 61.5 Å². The second-order valence-electron chi connectivity index (χ2n) is 4.20. The molecule has 2 fully saturated rings. The van der Waals surface area contributed by atoms with Crippen LogP contribution in [0, 0.1) is 17.8 Å². The van der Waals surface area contributed by atoms with E-state index in [1.54, 1.807) is 0 Å². The summed E-state index contributed by atoms with van der Waals surface area (Å²) < 4.78 is 0. The van der Waals surface area contributed by atoms with Gasteiger partial charge in [0.05, 0.1) is 0 Å². The molecule has 0 aromatic rings. The van der Waals surface area contributed by atoms with Crippen molar-refractivity contribution in [1.29, 1.82) is 0 Å². The van der Waals surface area contributed by atoms with Crippen molar-refractivity contribution in [1.82, 2.24) is 0 Å². The maximum absolute atomic E-state index is 5.66. The van der Waals surface area contributed by atoms with Crippen molar-refractivity contribution < 1.29 is 0 Å². The summed E-state index contributed by atoms with van der Waals surface area (Å²) in [6, 6.07) is 0. The number of hydrogen-bond acceptors (Lipinski definition) is 2.